The number of rotatable bonds is 6. The van der Waals surface area contributed by atoms with Crippen LogP contribution in [0.4, 0.5) is 0 Å². The fourth-order valence-electron chi connectivity index (χ4n) is 1.73. The molecular formula is C13H15N3O4. The molecule has 1 aromatic heterocycles. The van der Waals surface area contributed by atoms with Gasteiger partial charge in [0.2, 0.25) is 0 Å². The molecule has 2 rings (SSSR count). The van der Waals surface area contributed by atoms with Crippen LogP contribution in [-0.4, -0.2) is 39.8 Å². The Morgan fingerprint density at radius 2 is 2.05 bits per heavy atom. The number of hydrogen-bond donors (Lipinski definition) is 1. The Kier molecular flexibility index (Phi) is 4.31. The van der Waals surface area contributed by atoms with Crippen molar-refractivity contribution in [2.75, 3.05) is 13.7 Å². The normalized spacial score (nSPS) is 10.5. The van der Waals surface area contributed by atoms with Gasteiger partial charge in [0.15, 0.2) is 5.69 Å². The van der Waals surface area contributed by atoms with Crippen LogP contribution in [0.3, 0.4) is 0 Å². The zero-order valence-corrected chi connectivity index (χ0v) is 11.2. The molecule has 0 amide bonds. The van der Waals surface area contributed by atoms with Crippen LogP contribution in [0.15, 0.2) is 24.3 Å². The van der Waals surface area contributed by atoms with E-state index < -0.39 is 5.97 Å². The summed E-state index contributed by atoms with van der Waals surface area (Å²) in [5.74, 6) is -0.418. The molecular weight excluding hydrogens is 262 g/mol. The monoisotopic (exact) mass is 277 g/mol. The van der Waals surface area contributed by atoms with Crippen LogP contribution in [0.25, 0.3) is 5.69 Å². The summed E-state index contributed by atoms with van der Waals surface area (Å²) in [4.78, 5) is 11.1. The summed E-state index contributed by atoms with van der Waals surface area (Å²) in [5, 5.41) is 16.7. The van der Waals surface area contributed by atoms with Crippen LogP contribution in [0.1, 0.15) is 23.1 Å². The molecule has 7 heteroatoms. The third-order valence-corrected chi connectivity index (χ3v) is 2.73. The van der Waals surface area contributed by atoms with Gasteiger partial charge in [-0.3, -0.25) is 0 Å². The first kappa shape index (κ1) is 14.0. The molecule has 7 nitrogen and oxygen atoms in total. The van der Waals surface area contributed by atoms with Gasteiger partial charge in [-0.05, 0) is 31.2 Å². The Bertz CT molecular complexity index is 592. The van der Waals surface area contributed by atoms with Gasteiger partial charge in [-0.2, -0.15) is 0 Å². The molecule has 0 unspecified atom stereocenters. The number of aromatic carboxylic acids is 1. The SMILES string of the molecule is CCOCc1c(C(=O)O)nnn1-c1ccc(OC)cc1. The van der Waals surface area contributed by atoms with Crippen LogP contribution >= 0.6 is 0 Å². The third kappa shape index (κ3) is 2.77. The zero-order valence-electron chi connectivity index (χ0n) is 11.2. The number of nitrogens with zero attached hydrogens (tertiary/aromatic N) is 3. The Labute approximate surface area is 115 Å². The highest BCUT2D eigenvalue weighted by atomic mass is 16.5. The zero-order chi connectivity index (χ0) is 14.5. The molecule has 0 aliphatic carbocycles. The maximum absolute atomic E-state index is 11.1. The maximum Gasteiger partial charge on any atom is 0.358 e. The Morgan fingerprint density at radius 1 is 1.35 bits per heavy atom. The van der Waals surface area contributed by atoms with Crippen LogP contribution in [0, 0.1) is 0 Å². The van der Waals surface area contributed by atoms with Crippen molar-refractivity contribution >= 4 is 5.97 Å². The van der Waals surface area contributed by atoms with Crippen molar-refractivity contribution in [1.82, 2.24) is 15.0 Å². The van der Waals surface area contributed by atoms with Gasteiger partial charge in [0, 0.05) is 6.61 Å². The summed E-state index contributed by atoms with van der Waals surface area (Å²) in [5.41, 5.74) is 0.999. The molecule has 0 saturated carbocycles. The predicted molar refractivity (Wildman–Crippen MR) is 70.2 cm³/mol. The topological polar surface area (TPSA) is 86.5 Å². The second-order valence-electron chi connectivity index (χ2n) is 3.94. The first-order chi connectivity index (χ1) is 9.67. The van der Waals surface area contributed by atoms with Crippen LogP contribution in [-0.2, 0) is 11.3 Å². The van der Waals surface area contributed by atoms with E-state index in [1.54, 1.807) is 31.4 Å². The lowest BCUT2D eigenvalue weighted by Gasteiger charge is -2.07. The van der Waals surface area contributed by atoms with Gasteiger partial charge in [-0.1, -0.05) is 5.21 Å². The summed E-state index contributed by atoms with van der Waals surface area (Å²) in [6.07, 6.45) is 0. The first-order valence-corrected chi connectivity index (χ1v) is 6.07. The van der Waals surface area contributed by atoms with E-state index in [9.17, 15) is 4.79 Å². The van der Waals surface area contributed by atoms with Crippen molar-refractivity contribution in [3.05, 3.63) is 35.7 Å². The largest absolute Gasteiger partial charge is 0.497 e. The molecule has 0 bridgehead atoms. The van der Waals surface area contributed by atoms with Crippen molar-refractivity contribution in [2.24, 2.45) is 0 Å². The molecule has 0 saturated heterocycles. The van der Waals surface area contributed by atoms with Crippen molar-refractivity contribution in [1.29, 1.82) is 0 Å². The van der Waals surface area contributed by atoms with Gasteiger partial charge >= 0.3 is 5.97 Å². The minimum atomic E-state index is -1.13. The first-order valence-electron chi connectivity index (χ1n) is 6.07. The highest BCUT2D eigenvalue weighted by Crippen LogP contribution is 2.18. The standard InChI is InChI=1S/C13H15N3O4/c1-3-20-8-11-12(13(17)18)14-15-16(11)9-4-6-10(19-2)7-5-9/h4-7H,3,8H2,1-2H3,(H,17,18). The van der Waals surface area contributed by atoms with Crippen molar-refractivity contribution in [2.45, 2.75) is 13.5 Å². The summed E-state index contributed by atoms with van der Waals surface area (Å²) in [6, 6.07) is 7.08. The lowest BCUT2D eigenvalue weighted by molar-refractivity contribution is 0.0681. The Morgan fingerprint density at radius 3 is 2.60 bits per heavy atom. The molecule has 0 radical (unpaired) electrons. The minimum Gasteiger partial charge on any atom is -0.497 e. The summed E-state index contributed by atoms with van der Waals surface area (Å²) in [7, 11) is 1.58. The average molecular weight is 277 g/mol. The summed E-state index contributed by atoms with van der Waals surface area (Å²) < 4.78 is 11.8. The number of carboxylic acid groups (broad SMARTS) is 1. The molecule has 106 valence electrons. The number of benzene rings is 1. The summed E-state index contributed by atoms with van der Waals surface area (Å²) >= 11 is 0. The molecule has 0 aliphatic heterocycles. The second-order valence-corrected chi connectivity index (χ2v) is 3.94. The second kappa shape index (κ2) is 6.16. The van der Waals surface area contributed by atoms with Crippen molar-refractivity contribution in [3.8, 4) is 11.4 Å². The molecule has 1 aromatic carbocycles. The van der Waals surface area contributed by atoms with Crippen LogP contribution in [0.2, 0.25) is 0 Å². The molecule has 1 heterocycles. The quantitative estimate of drug-likeness (QED) is 0.861. The number of ether oxygens (including phenoxy) is 2. The van der Waals surface area contributed by atoms with E-state index in [1.165, 1.54) is 4.68 Å². The average Bonchev–Trinajstić information content (AvgIpc) is 2.89. The molecule has 0 atom stereocenters. The lowest BCUT2D eigenvalue weighted by Crippen LogP contribution is -2.08. The van der Waals surface area contributed by atoms with E-state index >= 15 is 0 Å². The highest BCUT2D eigenvalue weighted by molar-refractivity contribution is 5.86. The van der Waals surface area contributed by atoms with Gasteiger partial charge in [0.1, 0.15) is 11.4 Å². The lowest BCUT2D eigenvalue weighted by atomic mass is 10.2. The maximum atomic E-state index is 11.1. The minimum absolute atomic E-state index is 0.103. The third-order valence-electron chi connectivity index (χ3n) is 2.73. The Hall–Kier alpha value is -2.41. The van der Waals surface area contributed by atoms with E-state index in [2.05, 4.69) is 10.3 Å². The van der Waals surface area contributed by atoms with Gasteiger partial charge in [-0.15, -0.1) is 5.10 Å². The number of carboxylic acids is 1. The number of carbonyl (C=O) groups is 1. The van der Waals surface area contributed by atoms with Crippen LogP contribution in [0.5, 0.6) is 5.75 Å². The summed E-state index contributed by atoms with van der Waals surface area (Å²) in [6.45, 7) is 2.45. The number of hydrogen-bond acceptors (Lipinski definition) is 5. The van der Waals surface area contributed by atoms with Gasteiger partial charge in [-0.25, -0.2) is 9.48 Å². The molecule has 20 heavy (non-hydrogen) atoms. The molecule has 0 spiro atoms. The molecule has 0 fully saturated rings. The highest BCUT2D eigenvalue weighted by Gasteiger charge is 2.19. The van der Waals surface area contributed by atoms with E-state index in [0.717, 1.165) is 0 Å². The van der Waals surface area contributed by atoms with Crippen LogP contribution < -0.4 is 4.74 Å². The van der Waals surface area contributed by atoms with Gasteiger partial charge in [0.05, 0.1) is 19.4 Å². The van der Waals surface area contributed by atoms with E-state index in [4.69, 9.17) is 14.6 Å². The van der Waals surface area contributed by atoms with Crippen molar-refractivity contribution < 1.29 is 19.4 Å². The van der Waals surface area contributed by atoms with Crippen molar-refractivity contribution in [3.63, 3.8) is 0 Å². The van der Waals surface area contributed by atoms with E-state index in [0.29, 0.717) is 23.7 Å². The fraction of sp³-hybridized carbons (Fsp3) is 0.308. The molecule has 2 aromatic rings. The molecule has 0 aliphatic rings. The van der Waals surface area contributed by atoms with Gasteiger partial charge < -0.3 is 14.6 Å². The van der Waals surface area contributed by atoms with Gasteiger partial charge in [0.25, 0.3) is 0 Å². The number of aromatic nitrogens is 3. The smallest absolute Gasteiger partial charge is 0.358 e. The predicted octanol–water partition coefficient (Wildman–Crippen LogP) is 1.51. The number of methoxy groups -OCH3 is 1. The Balaban J connectivity index is 2.41. The van der Waals surface area contributed by atoms with E-state index in [1.807, 2.05) is 6.92 Å². The van der Waals surface area contributed by atoms with E-state index in [-0.39, 0.29) is 12.3 Å². The molecule has 1 N–H and O–H groups in total. The fourth-order valence-corrected chi connectivity index (χ4v) is 1.73.